The van der Waals surface area contributed by atoms with Crippen molar-refractivity contribution in [1.29, 1.82) is 0 Å². The number of carbonyl (C=O) groups is 2. The minimum absolute atomic E-state index is 0. The van der Waals surface area contributed by atoms with E-state index in [2.05, 4.69) is 5.32 Å². The number of carbonyl (C=O) groups excluding carboxylic acids is 1. The van der Waals surface area contributed by atoms with E-state index >= 15 is 0 Å². The molecular weight excluding hydrogens is 411 g/mol. The number of carboxylic acid groups (broad SMARTS) is 1. The number of aryl methyl sites for hydroxylation is 2. The summed E-state index contributed by atoms with van der Waals surface area (Å²) in [5, 5.41) is 12.3. The number of amides is 1. The van der Waals surface area contributed by atoms with Crippen LogP contribution in [0.25, 0.3) is 10.9 Å². The van der Waals surface area contributed by atoms with Gasteiger partial charge in [0.25, 0.3) is 0 Å². The van der Waals surface area contributed by atoms with E-state index in [1.165, 1.54) is 6.20 Å². The van der Waals surface area contributed by atoms with E-state index in [1.54, 1.807) is 31.4 Å². The first kappa shape index (κ1) is 27.2. The van der Waals surface area contributed by atoms with Gasteiger partial charge in [0.1, 0.15) is 11.2 Å². The summed E-state index contributed by atoms with van der Waals surface area (Å²) in [5.74, 6) is -1.22. The Hall–Kier alpha value is -1.87. The molecule has 1 aromatic carbocycles. The first-order valence-electron chi connectivity index (χ1n) is 10.1. The van der Waals surface area contributed by atoms with Crippen LogP contribution in [0.1, 0.15) is 50.0 Å². The first-order chi connectivity index (χ1) is 14.1. The van der Waals surface area contributed by atoms with Crippen LogP contribution in [0.15, 0.2) is 29.2 Å². The molecule has 0 saturated heterocycles. The van der Waals surface area contributed by atoms with E-state index in [0.717, 1.165) is 17.5 Å². The molecule has 0 bridgehead atoms. The number of nitrogens with zero attached hydrogens (tertiary/aromatic N) is 1. The van der Waals surface area contributed by atoms with Crippen LogP contribution in [0.3, 0.4) is 0 Å². The van der Waals surface area contributed by atoms with E-state index in [4.69, 9.17) is 9.47 Å². The smallest absolute Gasteiger partial charge is 0.407 e. The number of aromatic carboxylic acids is 1. The van der Waals surface area contributed by atoms with Crippen LogP contribution in [-0.4, -0.2) is 76.7 Å². The van der Waals surface area contributed by atoms with E-state index in [0.29, 0.717) is 38.1 Å². The van der Waals surface area contributed by atoms with Crippen molar-refractivity contribution in [3.05, 3.63) is 45.7 Å². The van der Waals surface area contributed by atoms with Gasteiger partial charge < -0.3 is 24.5 Å². The number of nitrogens with one attached hydrogen (secondary N) is 1. The van der Waals surface area contributed by atoms with Crippen LogP contribution in [0, 0.1) is 0 Å². The van der Waals surface area contributed by atoms with Crippen molar-refractivity contribution >= 4 is 52.5 Å². The van der Waals surface area contributed by atoms with Crippen molar-refractivity contribution in [3.63, 3.8) is 0 Å². The standard InChI is InChI=1S/C22H30N2O6.Na/c1-5-24-14-17(20(26)27)19(25)16-13-15(8-9-18(16)24)7-6-11-29-12-10-23-21(28)30-22(2,3)4;/h8-9,13-14H,5-7,10-12H2,1-4H3,(H,23,28)(H,26,27);. The summed E-state index contributed by atoms with van der Waals surface area (Å²) in [6.07, 6.45) is 2.35. The van der Waals surface area contributed by atoms with Gasteiger partial charge in [0, 0.05) is 60.8 Å². The molecule has 8 nitrogen and oxygen atoms in total. The molecule has 31 heavy (non-hydrogen) atoms. The van der Waals surface area contributed by atoms with Gasteiger partial charge >= 0.3 is 12.1 Å². The molecule has 1 amide bonds. The number of rotatable bonds is 9. The van der Waals surface area contributed by atoms with E-state index in [9.17, 15) is 19.5 Å². The SMILES string of the molecule is CCn1cc(C(=O)O)c(=O)c2cc(CCCOCCNC(=O)OC(C)(C)C)ccc21.[Na]. The van der Waals surface area contributed by atoms with Gasteiger partial charge in [-0.25, -0.2) is 9.59 Å². The Labute approximate surface area is 204 Å². The molecular formula is C22H30N2NaO6. The van der Waals surface area contributed by atoms with Gasteiger partial charge in [-0.1, -0.05) is 6.07 Å². The zero-order chi connectivity index (χ0) is 22.3. The van der Waals surface area contributed by atoms with Gasteiger partial charge in [0.15, 0.2) is 0 Å². The van der Waals surface area contributed by atoms with Crippen LogP contribution >= 0.6 is 0 Å². The Balaban J connectivity index is 0.00000480. The van der Waals surface area contributed by atoms with Crippen molar-refractivity contribution in [1.82, 2.24) is 9.88 Å². The van der Waals surface area contributed by atoms with Gasteiger partial charge in [-0.3, -0.25) is 4.79 Å². The summed E-state index contributed by atoms with van der Waals surface area (Å²) in [6.45, 7) is 9.11. The summed E-state index contributed by atoms with van der Waals surface area (Å²) in [4.78, 5) is 35.4. The number of fused-ring (bicyclic) bond motifs is 1. The number of ether oxygens (including phenoxy) is 2. The van der Waals surface area contributed by atoms with Crippen molar-refractivity contribution in [2.75, 3.05) is 19.8 Å². The predicted octanol–water partition coefficient (Wildman–Crippen LogP) is 2.81. The largest absolute Gasteiger partial charge is 0.477 e. The maximum atomic E-state index is 12.5. The van der Waals surface area contributed by atoms with Gasteiger partial charge in [0.2, 0.25) is 5.43 Å². The number of benzene rings is 1. The zero-order valence-corrected chi connectivity index (χ0v) is 21.0. The Kier molecular flexibility index (Phi) is 10.7. The third kappa shape index (κ3) is 8.29. The molecule has 0 spiro atoms. The molecule has 0 unspecified atom stereocenters. The second-order valence-electron chi connectivity index (χ2n) is 7.96. The van der Waals surface area contributed by atoms with Crippen molar-refractivity contribution in [2.45, 2.75) is 52.7 Å². The normalized spacial score (nSPS) is 11.1. The Morgan fingerprint density at radius 1 is 1.19 bits per heavy atom. The molecule has 0 atom stereocenters. The monoisotopic (exact) mass is 441 g/mol. The third-order valence-electron chi connectivity index (χ3n) is 4.38. The molecule has 1 heterocycles. The molecule has 1 radical (unpaired) electrons. The number of hydrogen-bond acceptors (Lipinski definition) is 5. The molecule has 2 aromatic rings. The number of carboxylic acids is 1. The molecule has 9 heteroatoms. The second kappa shape index (κ2) is 12.2. The van der Waals surface area contributed by atoms with Gasteiger partial charge in [-0.15, -0.1) is 0 Å². The average molecular weight is 441 g/mol. The first-order valence-corrected chi connectivity index (χ1v) is 10.1. The third-order valence-corrected chi connectivity index (χ3v) is 4.38. The second-order valence-corrected chi connectivity index (χ2v) is 7.96. The molecule has 0 aliphatic carbocycles. The molecule has 2 rings (SSSR count). The van der Waals surface area contributed by atoms with Crippen molar-refractivity contribution in [3.8, 4) is 0 Å². The summed E-state index contributed by atoms with van der Waals surface area (Å²) in [5.41, 5.74) is 0.452. The number of pyridine rings is 1. The minimum atomic E-state index is -1.22. The van der Waals surface area contributed by atoms with Crippen LogP contribution in [0.4, 0.5) is 4.79 Å². The quantitative estimate of drug-likeness (QED) is 0.458. The Morgan fingerprint density at radius 2 is 1.90 bits per heavy atom. The molecule has 165 valence electrons. The topological polar surface area (TPSA) is 107 Å². The molecule has 2 N–H and O–H groups in total. The van der Waals surface area contributed by atoms with E-state index in [-0.39, 0.29) is 35.1 Å². The Morgan fingerprint density at radius 3 is 2.52 bits per heavy atom. The summed E-state index contributed by atoms with van der Waals surface area (Å²) < 4.78 is 12.4. The van der Waals surface area contributed by atoms with Crippen LogP contribution in [0.5, 0.6) is 0 Å². The summed E-state index contributed by atoms with van der Waals surface area (Å²) in [6, 6.07) is 5.56. The molecule has 1 aromatic heterocycles. The van der Waals surface area contributed by atoms with E-state index in [1.807, 2.05) is 19.1 Å². The summed E-state index contributed by atoms with van der Waals surface area (Å²) >= 11 is 0. The predicted molar refractivity (Wildman–Crippen MR) is 120 cm³/mol. The van der Waals surface area contributed by atoms with E-state index < -0.39 is 23.1 Å². The maximum absolute atomic E-state index is 12.5. The minimum Gasteiger partial charge on any atom is -0.477 e. The average Bonchev–Trinajstić information content (AvgIpc) is 2.66. The van der Waals surface area contributed by atoms with Gasteiger partial charge in [-0.2, -0.15) is 0 Å². The molecule has 0 fully saturated rings. The molecule has 0 aliphatic heterocycles. The van der Waals surface area contributed by atoms with Crippen LogP contribution in [0.2, 0.25) is 0 Å². The molecule has 0 saturated carbocycles. The van der Waals surface area contributed by atoms with Crippen LogP contribution < -0.4 is 10.7 Å². The van der Waals surface area contributed by atoms with Gasteiger partial charge in [-0.05, 0) is 58.2 Å². The fourth-order valence-electron chi connectivity index (χ4n) is 3.03. The zero-order valence-electron chi connectivity index (χ0n) is 19.0. The van der Waals surface area contributed by atoms with Crippen molar-refractivity contribution in [2.24, 2.45) is 0 Å². The summed E-state index contributed by atoms with van der Waals surface area (Å²) in [7, 11) is 0. The van der Waals surface area contributed by atoms with Gasteiger partial charge in [0.05, 0.1) is 12.1 Å². The fourth-order valence-corrected chi connectivity index (χ4v) is 3.03. The number of alkyl carbamates (subject to hydrolysis) is 1. The number of aromatic nitrogens is 1. The Bertz CT molecular complexity index is 965. The van der Waals surface area contributed by atoms with Crippen LogP contribution in [-0.2, 0) is 22.4 Å². The van der Waals surface area contributed by atoms with Crippen molar-refractivity contribution < 1.29 is 24.2 Å². The number of hydrogen-bond donors (Lipinski definition) is 2. The molecule has 0 aliphatic rings. The maximum Gasteiger partial charge on any atom is 0.407 e. The fraction of sp³-hybridized carbons (Fsp3) is 0.500.